The minimum Gasteiger partial charge on any atom is -0.333 e. The summed E-state index contributed by atoms with van der Waals surface area (Å²) < 4.78 is 72.6. The van der Waals surface area contributed by atoms with Crippen LogP contribution in [0.15, 0.2) is 53.1 Å². The first-order valence-corrected chi connectivity index (χ1v) is 13.2. The van der Waals surface area contributed by atoms with Gasteiger partial charge in [0.2, 0.25) is 0 Å². The highest BCUT2D eigenvalue weighted by molar-refractivity contribution is 5.93. The number of halogens is 5. The van der Waals surface area contributed by atoms with Gasteiger partial charge in [0.05, 0.1) is 5.60 Å². The second-order valence-electron chi connectivity index (χ2n) is 11.2. The molecule has 3 rings (SSSR count). The Bertz CT molecular complexity index is 1280. The van der Waals surface area contributed by atoms with Crippen LogP contribution in [0.25, 0.3) is 11.1 Å². The molecule has 0 bridgehead atoms. The number of urea groups is 1. The van der Waals surface area contributed by atoms with E-state index in [0.717, 1.165) is 11.1 Å². The molecular weight excluding hydrogens is 547 g/mol. The van der Waals surface area contributed by atoms with Gasteiger partial charge in [0.25, 0.3) is 0 Å². The van der Waals surface area contributed by atoms with Crippen LogP contribution in [0.3, 0.4) is 0 Å². The molecule has 3 aromatic rings. The maximum Gasteiger partial charge on any atom is 0.471 e. The second-order valence-corrected chi connectivity index (χ2v) is 11.2. The lowest BCUT2D eigenvalue weighted by Gasteiger charge is -2.29. The summed E-state index contributed by atoms with van der Waals surface area (Å²) in [6.07, 6.45) is -2.74. The fourth-order valence-electron chi connectivity index (χ4n) is 4.14. The van der Waals surface area contributed by atoms with Crippen molar-refractivity contribution < 1.29 is 36.0 Å². The molecule has 0 aliphatic heterocycles. The Labute approximate surface area is 236 Å². The number of benzene rings is 2. The average Bonchev–Trinajstić information content (AvgIpc) is 3.34. The van der Waals surface area contributed by atoms with Crippen molar-refractivity contribution in [2.75, 3.05) is 11.4 Å². The van der Waals surface area contributed by atoms with Gasteiger partial charge in [-0.2, -0.15) is 26.9 Å². The van der Waals surface area contributed by atoms with Crippen molar-refractivity contribution in [2.24, 2.45) is 0 Å². The van der Waals surface area contributed by atoms with Crippen molar-refractivity contribution in [2.45, 2.75) is 84.2 Å². The average molecular weight is 583 g/mol. The number of carbonyl (C=O) groups is 1. The number of anilines is 1. The largest absolute Gasteiger partial charge is 0.471 e. The zero-order valence-corrected chi connectivity index (χ0v) is 23.7. The molecule has 0 fully saturated rings. The molecule has 0 spiro atoms. The molecule has 0 unspecified atom stereocenters. The molecule has 2 amide bonds. The van der Waals surface area contributed by atoms with E-state index in [1.807, 2.05) is 57.2 Å². The molecule has 224 valence electrons. The number of unbranched alkanes of at least 4 members (excludes halogenated alkanes) is 2. The molecule has 41 heavy (non-hydrogen) atoms. The van der Waals surface area contributed by atoms with Crippen LogP contribution < -0.4 is 10.2 Å². The summed E-state index contributed by atoms with van der Waals surface area (Å²) in [7, 11) is 0. The summed E-state index contributed by atoms with van der Waals surface area (Å²) in [6, 6.07) is 14.2. The third kappa shape index (κ3) is 9.51. The lowest BCUT2D eigenvalue weighted by molar-refractivity contribution is -0.200. The van der Waals surface area contributed by atoms with Crippen molar-refractivity contribution >= 4 is 11.7 Å². The van der Waals surface area contributed by atoms with Gasteiger partial charge in [0.15, 0.2) is 5.82 Å². The van der Waals surface area contributed by atoms with E-state index in [2.05, 4.69) is 20.0 Å². The molecule has 1 N–H and O–H groups in total. The van der Waals surface area contributed by atoms with Gasteiger partial charge in [0, 0.05) is 24.2 Å². The summed E-state index contributed by atoms with van der Waals surface area (Å²) in [6.45, 7) is 6.24. The first-order valence-electron chi connectivity index (χ1n) is 13.2. The number of alkyl halides is 5. The third-order valence-electron chi connectivity index (χ3n) is 6.17. The summed E-state index contributed by atoms with van der Waals surface area (Å²) in [5.41, 5.74) is 1.26. The van der Waals surface area contributed by atoms with Crippen molar-refractivity contribution in [1.82, 2.24) is 15.5 Å². The molecule has 0 saturated carbocycles. The fourth-order valence-corrected chi connectivity index (χ4v) is 4.14. The van der Waals surface area contributed by atoms with Crippen LogP contribution in [0.4, 0.5) is 32.4 Å². The molecule has 0 aliphatic carbocycles. The van der Waals surface area contributed by atoms with Gasteiger partial charge in [-0.1, -0.05) is 48.0 Å². The Kier molecular flexibility index (Phi) is 10.1. The molecule has 0 atom stereocenters. The predicted octanol–water partition coefficient (Wildman–Crippen LogP) is 7.96. The standard InChI is InChI=1S/C29H35F5N4O3/c1-27(2,3)36-26(39)38(17-8-6-7-12-23-35-24(41-37-23)29(32,33)34)22-11-9-10-20(18-22)19-13-15-21(16-14-19)28(4,5)40-25(30)31/h9-11,13-16,18,25H,6-8,12,17H2,1-5H3,(H,36,39). The Hall–Kier alpha value is -3.54. The van der Waals surface area contributed by atoms with Gasteiger partial charge < -0.3 is 14.6 Å². The van der Waals surface area contributed by atoms with E-state index in [1.165, 1.54) is 0 Å². The maximum absolute atomic E-state index is 13.2. The van der Waals surface area contributed by atoms with E-state index in [9.17, 15) is 26.7 Å². The monoisotopic (exact) mass is 582 g/mol. The highest BCUT2D eigenvalue weighted by atomic mass is 19.4. The van der Waals surface area contributed by atoms with Crippen LogP contribution in [0.1, 0.15) is 71.2 Å². The van der Waals surface area contributed by atoms with Crippen molar-refractivity contribution in [3.05, 3.63) is 65.8 Å². The second kappa shape index (κ2) is 13.0. The SMILES string of the molecule is CC(C)(C)NC(=O)N(CCCCCc1noc(C(F)(F)F)n1)c1cccc(-c2ccc(C(C)(C)OC(F)F)cc2)c1. The molecule has 2 aromatic carbocycles. The first-order chi connectivity index (χ1) is 19.0. The summed E-state index contributed by atoms with van der Waals surface area (Å²) >= 11 is 0. The topological polar surface area (TPSA) is 80.5 Å². The summed E-state index contributed by atoms with van der Waals surface area (Å²) in [5.74, 6) is -1.38. The number of aryl methyl sites for hydroxylation is 1. The number of amides is 2. The first kappa shape index (κ1) is 32.0. The minimum atomic E-state index is -4.68. The predicted molar refractivity (Wildman–Crippen MR) is 144 cm³/mol. The fraction of sp³-hybridized carbons (Fsp3) is 0.483. The van der Waals surface area contributed by atoms with Gasteiger partial charge in [0.1, 0.15) is 0 Å². The van der Waals surface area contributed by atoms with E-state index in [-0.39, 0.29) is 18.3 Å². The van der Waals surface area contributed by atoms with Crippen molar-refractivity contribution in [3.63, 3.8) is 0 Å². The number of ether oxygens (including phenoxy) is 1. The van der Waals surface area contributed by atoms with E-state index in [1.54, 1.807) is 30.9 Å². The molecule has 1 heterocycles. The number of hydrogen-bond donors (Lipinski definition) is 1. The lowest BCUT2D eigenvalue weighted by atomic mass is 9.95. The Morgan fingerprint density at radius 3 is 2.24 bits per heavy atom. The number of carbonyl (C=O) groups excluding carboxylic acids is 1. The van der Waals surface area contributed by atoms with Crippen LogP contribution >= 0.6 is 0 Å². The lowest BCUT2D eigenvalue weighted by Crippen LogP contribution is -2.49. The highest BCUT2D eigenvalue weighted by Gasteiger charge is 2.38. The number of nitrogens with zero attached hydrogens (tertiary/aromatic N) is 3. The Balaban J connectivity index is 1.71. The van der Waals surface area contributed by atoms with Crippen LogP contribution in [-0.4, -0.2) is 34.9 Å². The van der Waals surface area contributed by atoms with Crippen LogP contribution in [0.5, 0.6) is 0 Å². The quantitative estimate of drug-likeness (QED) is 0.183. The van der Waals surface area contributed by atoms with Gasteiger partial charge >= 0.3 is 24.7 Å². The number of rotatable bonds is 11. The maximum atomic E-state index is 13.2. The molecule has 1 aromatic heterocycles. The molecule has 12 heteroatoms. The molecule has 0 saturated heterocycles. The molecule has 0 aliphatic rings. The number of hydrogen-bond acceptors (Lipinski definition) is 5. The third-order valence-corrected chi connectivity index (χ3v) is 6.17. The van der Waals surface area contributed by atoms with Gasteiger partial charge in [-0.05, 0) is 76.3 Å². The van der Waals surface area contributed by atoms with Gasteiger partial charge in [-0.15, -0.1) is 0 Å². The molecular formula is C29H35F5N4O3. The Morgan fingerprint density at radius 1 is 0.976 bits per heavy atom. The van der Waals surface area contributed by atoms with Gasteiger partial charge in [-0.3, -0.25) is 4.90 Å². The van der Waals surface area contributed by atoms with E-state index in [0.29, 0.717) is 37.1 Å². The van der Waals surface area contributed by atoms with Gasteiger partial charge in [-0.25, -0.2) is 4.79 Å². The highest BCUT2D eigenvalue weighted by Crippen LogP contribution is 2.31. The van der Waals surface area contributed by atoms with Crippen LogP contribution in [-0.2, 0) is 22.9 Å². The number of nitrogens with one attached hydrogen (secondary N) is 1. The summed E-state index contributed by atoms with van der Waals surface area (Å²) in [5, 5.41) is 6.35. The summed E-state index contributed by atoms with van der Waals surface area (Å²) in [4.78, 5) is 18.2. The van der Waals surface area contributed by atoms with E-state index < -0.39 is 29.8 Å². The molecule has 0 radical (unpaired) electrons. The van der Waals surface area contributed by atoms with Crippen molar-refractivity contribution in [3.8, 4) is 11.1 Å². The van der Waals surface area contributed by atoms with E-state index >= 15 is 0 Å². The normalized spacial score (nSPS) is 12.6. The van der Waals surface area contributed by atoms with Crippen molar-refractivity contribution in [1.29, 1.82) is 0 Å². The smallest absolute Gasteiger partial charge is 0.333 e. The number of aromatic nitrogens is 2. The van der Waals surface area contributed by atoms with Crippen LogP contribution in [0.2, 0.25) is 0 Å². The molecule has 7 nitrogen and oxygen atoms in total. The zero-order valence-electron chi connectivity index (χ0n) is 23.7. The Morgan fingerprint density at radius 2 is 1.66 bits per heavy atom. The zero-order chi connectivity index (χ0) is 30.4. The van der Waals surface area contributed by atoms with Crippen LogP contribution in [0, 0.1) is 0 Å². The minimum absolute atomic E-state index is 0.0115. The van der Waals surface area contributed by atoms with E-state index in [4.69, 9.17) is 4.74 Å².